The van der Waals surface area contributed by atoms with Crippen molar-refractivity contribution in [3.63, 3.8) is 0 Å². The first-order valence-corrected chi connectivity index (χ1v) is 9.21. The van der Waals surface area contributed by atoms with Crippen LogP contribution in [-0.4, -0.2) is 61.5 Å². The number of nitrogens with zero attached hydrogens (tertiary/aromatic N) is 1. The van der Waals surface area contributed by atoms with Crippen LogP contribution in [0.3, 0.4) is 0 Å². The van der Waals surface area contributed by atoms with Crippen LogP contribution in [0.15, 0.2) is 24.3 Å². The van der Waals surface area contributed by atoms with Crippen LogP contribution in [0.2, 0.25) is 0 Å². The zero-order valence-corrected chi connectivity index (χ0v) is 15.4. The molecule has 0 saturated carbocycles. The second-order valence-electron chi connectivity index (χ2n) is 6.62. The first-order chi connectivity index (χ1) is 12.8. The third-order valence-corrected chi connectivity index (χ3v) is 4.73. The minimum atomic E-state index is -4.42. The van der Waals surface area contributed by atoms with Crippen molar-refractivity contribution in [1.29, 1.82) is 0 Å². The number of carbonyl (C=O) groups excluding carboxylic acids is 2. The van der Waals surface area contributed by atoms with Gasteiger partial charge in [0.2, 0.25) is 5.91 Å². The zero-order valence-electron chi connectivity index (χ0n) is 15.4. The second-order valence-corrected chi connectivity index (χ2v) is 6.62. The maximum absolute atomic E-state index is 13.3. The Morgan fingerprint density at radius 1 is 1.15 bits per heavy atom. The molecular weight excluding hydrogens is 359 g/mol. The van der Waals surface area contributed by atoms with Crippen LogP contribution in [0.1, 0.15) is 35.7 Å². The smallest absolute Gasteiger partial charge is 0.354 e. The summed E-state index contributed by atoms with van der Waals surface area (Å²) < 4.78 is 39.9. The highest BCUT2D eigenvalue weighted by Crippen LogP contribution is 2.24. The van der Waals surface area contributed by atoms with E-state index in [1.807, 2.05) is 19.1 Å². The first kappa shape index (κ1) is 21.4. The molecule has 27 heavy (non-hydrogen) atoms. The number of benzene rings is 1. The number of amides is 1. The summed E-state index contributed by atoms with van der Waals surface area (Å²) >= 11 is 0. The highest BCUT2D eigenvalue weighted by atomic mass is 19.4. The van der Waals surface area contributed by atoms with Crippen molar-refractivity contribution < 1.29 is 22.8 Å². The van der Waals surface area contributed by atoms with E-state index in [0.717, 1.165) is 12.0 Å². The lowest BCUT2D eigenvalue weighted by Gasteiger charge is -2.35. The van der Waals surface area contributed by atoms with E-state index in [4.69, 9.17) is 0 Å². The van der Waals surface area contributed by atoms with Gasteiger partial charge in [0.05, 0.1) is 0 Å². The molecule has 1 amide bonds. The van der Waals surface area contributed by atoms with Crippen molar-refractivity contribution in [2.24, 2.45) is 0 Å². The Morgan fingerprint density at radius 2 is 1.78 bits per heavy atom. The minimum Gasteiger partial charge on any atom is -0.354 e. The van der Waals surface area contributed by atoms with Crippen molar-refractivity contribution in [3.05, 3.63) is 35.4 Å². The molecule has 0 radical (unpaired) electrons. The summed E-state index contributed by atoms with van der Waals surface area (Å²) in [4.78, 5) is 25.4. The van der Waals surface area contributed by atoms with Crippen molar-refractivity contribution >= 4 is 11.7 Å². The molecular formula is C19H26F3N3O2. The molecule has 1 unspecified atom stereocenters. The van der Waals surface area contributed by atoms with E-state index in [2.05, 4.69) is 10.6 Å². The van der Waals surface area contributed by atoms with Gasteiger partial charge < -0.3 is 10.6 Å². The van der Waals surface area contributed by atoms with Gasteiger partial charge in [-0.2, -0.15) is 13.2 Å². The van der Waals surface area contributed by atoms with E-state index >= 15 is 0 Å². The average molecular weight is 385 g/mol. The summed E-state index contributed by atoms with van der Waals surface area (Å²) in [5, 5.41) is 5.35. The van der Waals surface area contributed by atoms with Crippen LogP contribution in [-0.2, 0) is 11.2 Å². The van der Waals surface area contributed by atoms with Crippen molar-refractivity contribution in [3.8, 4) is 0 Å². The van der Waals surface area contributed by atoms with Crippen molar-refractivity contribution in [2.75, 3.05) is 32.7 Å². The predicted octanol–water partition coefficient (Wildman–Crippen LogP) is 2.16. The number of hydrogen-bond acceptors (Lipinski definition) is 4. The van der Waals surface area contributed by atoms with E-state index in [9.17, 15) is 22.8 Å². The van der Waals surface area contributed by atoms with Gasteiger partial charge >= 0.3 is 6.18 Å². The summed E-state index contributed by atoms with van der Waals surface area (Å²) in [6.45, 7) is 3.06. The third kappa shape index (κ3) is 6.62. The second kappa shape index (κ2) is 9.85. The number of rotatable bonds is 8. The van der Waals surface area contributed by atoms with Gasteiger partial charge in [0.15, 0.2) is 5.78 Å². The largest absolute Gasteiger partial charge is 0.405 e. The number of Topliss-reactive ketones (excluding diaryl/α,β-unsaturated/α-hetero) is 1. The Hall–Kier alpha value is -1.93. The van der Waals surface area contributed by atoms with Gasteiger partial charge in [-0.05, 0) is 12.0 Å². The van der Waals surface area contributed by atoms with E-state index in [1.165, 1.54) is 4.90 Å². The van der Waals surface area contributed by atoms with Gasteiger partial charge in [-0.15, -0.1) is 0 Å². The molecule has 1 aromatic carbocycles. The average Bonchev–Trinajstić information content (AvgIpc) is 2.66. The number of hydrogen-bond donors (Lipinski definition) is 2. The summed E-state index contributed by atoms with van der Waals surface area (Å²) in [5.74, 6) is -0.736. The SMILES string of the molecule is CCc1ccc(C(=O)CCC(=O)NCC(N2CCNCC2)C(F)(F)F)cc1. The number of aryl methyl sites for hydroxylation is 1. The molecule has 1 aliphatic rings. The molecule has 0 bridgehead atoms. The molecule has 0 aliphatic carbocycles. The minimum absolute atomic E-state index is 0.0262. The lowest BCUT2D eigenvalue weighted by atomic mass is 10.0. The number of ketones is 1. The maximum Gasteiger partial charge on any atom is 0.405 e. The number of carbonyl (C=O) groups is 2. The van der Waals surface area contributed by atoms with Gasteiger partial charge in [0.25, 0.3) is 0 Å². The van der Waals surface area contributed by atoms with Gasteiger partial charge in [-0.25, -0.2) is 0 Å². The highest BCUT2D eigenvalue weighted by Gasteiger charge is 2.43. The zero-order chi connectivity index (χ0) is 19.9. The predicted molar refractivity (Wildman–Crippen MR) is 96.7 cm³/mol. The van der Waals surface area contributed by atoms with Gasteiger partial charge in [0, 0.05) is 51.1 Å². The maximum atomic E-state index is 13.3. The highest BCUT2D eigenvalue weighted by molar-refractivity contribution is 5.97. The van der Waals surface area contributed by atoms with Crippen LogP contribution in [0.25, 0.3) is 0 Å². The first-order valence-electron chi connectivity index (χ1n) is 9.21. The van der Waals surface area contributed by atoms with Crippen molar-refractivity contribution in [1.82, 2.24) is 15.5 Å². The van der Waals surface area contributed by atoms with Crippen LogP contribution in [0, 0.1) is 0 Å². The monoisotopic (exact) mass is 385 g/mol. The van der Waals surface area contributed by atoms with Crippen LogP contribution < -0.4 is 10.6 Å². The number of piperazine rings is 1. The Labute approximate surface area is 157 Å². The molecule has 8 heteroatoms. The molecule has 1 fully saturated rings. The molecule has 1 atom stereocenters. The normalized spacial score (nSPS) is 16.7. The van der Waals surface area contributed by atoms with Gasteiger partial charge in [-0.1, -0.05) is 31.2 Å². The number of nitrogens with one attached hydrogen (secondary N) is 2. The summed E-state index contributed by atoms with van der Waals surface area (Å²) in [5.41, 5.74) is 1.62. The fourth-order valence-corrected chi connectivity index (χ4v) is 3.04. The van der Waals surface area contributed by atoms with Crippen LogP contribution in [0.4, 0.5) is 13.2 Å². The van der Waals surface area contributed by atoms with Crippen molar-refractivity contribution in [2.45, 2.75) is 38.4 Å². The van der Waals surface area contributed by atoms with Crippen LogP contribution >= 0.6 is 0 Å². The Morgan fingerprint density at radius 3 is 2.33 bits per heavy atom. The molecule has 150 valence electrons. The van der Waals surface area contributed by atoms with E-state index in [1.54, 1.807) is 12.1 Å². The lowest BCUT2D eigenvalue weighted by molar-refractivity contribution is -0.184. The molecule has 2 rings (SSSR count). The Bertz CT molecular complexity index is 626. The van der Waals surface area contributed by atoms with E-state index in [-0.39, 0.29) is 31.7 Å². The van der Waals surface area contributed by atoms with E-state index < -0.39 is 24.7 Å². The molecule has 1 saturated heterocycles. The lowest BCUT2D eigenvalue weighted by Crippen LogP contribution is -2.57. The molecule has 1 aromatic rings. The molecule has 0 spiro atoms. The standard InChI is InChI=1S/C19H26F3N3O2/c1-2-14-3-5-15(6-4-14)16(26)7-8-18(27)24-13-17(19(20,21)22)25-11-9-23-10-12-25/h3-6,17,23H,2,7-13H2,1H3,(H,24,27). The van der Waals surface area contributed by atoms with Gasteiger partial charge in [-0.3, -0.25) is 14.5 Å². The number of alkyl halides is 3. The summed E-state index contributed by atoms with van der Waals surface area (Å²) in [6.07, 6.45) is -3.70. The molecule has 2 N–H and O–H groups in total. The summed E-state index contributed by atoms with van der Waals surface area (Å²) in [6, 6.07) is 5.43. The molecule has 1 heterocycles. The van der Waals surface area contributed by atoms with Crippen LogP contribution in [0.5, 0.6) is 0 Å². The molecule has 1 aliphatic heterocycles. The third-order valence-electron chi connectivity index (χ3n) is 4.73. The summed E-state index contributed by atoms with van der Waals surface area (Å²) in [7, 11) is 0. The van der Waals surface area contributed by atoms with E-state index in [0.29, 0.717) is 18.7 Å². The quantitative estimate of drug-likeness (QED) is 0.674. The molecule has 0 aromatic heterocycles. The number of halogens is 3. The molecule has 5 nitrogen and oxygen atoms in total. The fraction of sp³-hybridized carbons (Fsp3) is 0.579. The topological polar surface area (TPSA) is 61.4 Å². The Balaban J connectivity index is 1.81. The fourth-order valence-electron chi connectivity index (χ4n) is 3.04. The van der Waals surface area contributed by atoms with Gasteiger partial charge in [0.1, 0.15) is 6.04 Å². The Kier molecular flexibility index (Phi) is 7.79.